The van der Waals surface area contributed by atoms with Crippen LogP contribution in [-0.2, 0) is 28.5 Å². The molecular formula is C19H29F3O6S2. The predicted octanol–water partition coefficient (Wildman–Crippen LogP) is 4.24. The molecule has 1 unspecified atom stereocenters. The smallest absolute Gasteiger partial charge is 0.449 e. The van der Waals surface area contributed by atoms with Gasteiger partial charge in [-0.05, 0) is 37.9 Å². The molecule has 30 heavy (non-hydrogen) atoms. The summed E-state index contributed by atoms with van der Waals surface area (Å²) in [5, 5.41) is -0.616. The van der Waals surface area contributed by atoms with Gasteiger partial charge in [0.25, 0.3) is 0 Å². The second-order valence-corrected chi connectivity index (χ2v) is 10.8. The Hall–Kier alpha value is -0.460. The lowest BCUT2D eigenvalue weighted by atomic mass is 9.99. The van der Waals surface area contributed by atoms with Crippen molar-refractivity contribution in [1.82, 2.24) is 0 Å². The number of hydrogen-bond donors (Lipinski definition) is 0. The van der Waals surface area contributed by atoms with Gasteiger partial charge in [0.1, 0.15) is 18.3 Å². The molecule has 0 aromatic rings. The van der Waals surface area contributed by atoms with Gasteiger partial charge < -0.3 is 23.7 Å². The van der Waals surface area contributed by atoms with E-state index in [2.05, 4.69) is 0 Å². The molecule has 0 bridgehead atoms. The maximum atomic E-state index is 12.7. The fourth-order valence-electron chi connectivity index (χ4n) is 3.21. The van der Waals surface area contributed by atoms with E-state index >= 15 is 0 Å². The molecule has 0 radical (unpaired) electrons. The topological polar surface area (TPSA) is 63.2 Å². The standard InChI is InChI=1S/C19H29F3O6S2/c1-17(2,3)9-25-16(29)30-10(7-8-11(23)19(20,21)22)12-13(24-6)14-15(26-12)28-18(4,5)27-14/h10,12-15H,7-9H2,1-6H3/t10?,12-,13+,14-,15-/m1/s1. The van der Waals surface area contributed by atoms with Gasteiger partial charge in [-0.15, -0.1) is 0 Å². The molecule has 0 spiro atoms. The van der Waals surface area contributed by atoms with Gasteiger partial charge in [0, 0.05) is 18.8 Å². The van der Waals surface area contributed by atoms with Crippen LogP contribution in [0.25, 0.3) is 0 Å². The zero-order valence-electron chi connectivity index (χ0n) is 17.9. The number of thiocarbonyl (C=S) groups is 1. The van der Waals surface area contributed by atoms with Crippen molar-refractivity contribution in [3.8, 4) is 0 Å². The second kappa shape index (κ2) is 9.58. The SMILES string of the molecule is CO[C@@H]1[C@H]2OC(C)(C)O[C@H]2O[C@@H]1C(CCC(=O)C(F)(F)F)SC(=S)OCC(C)(C)C. The van der Waals surface area contributed by atoms with Crippen LogP contribution in [-0.4, -0.2) is 65.7 Å². The highest BCUT2D eigenvalue weighted by Gasteiger charge is 2.57. The lowest BCUT2D eigenvalue weighted by molar-refractivity contribution is -0.216. The Morgan fingerprint density at radius 2 is 1.87 bits per heavy atom. The van der Waals surface area contributed by atoms with E-state index in [1.165, 1.54) is 7.11 Å². The van der Waals surface area contributed by atoms with Gasteiger partial charge in [0.2, 0.25) is 10.2 Å². The van der Waals surface area contributed by atoms with Gasteiger partial charge in [-0.2, -0.15) is 13.2 Å². The number of rotatable bonds is 7. The van der Waals surface area contributed by atoms with E-state index in [1.807, 2.05) is 20.8 Å². The lowest BCUT2D eigenvalue weighted by Crippen LogP contribution is -2.42. The van der Waals surface area contributed by atoms with Crippen molar-refractivity contribution in [2.45, 2.75) is 89.3 Å². The molecule has 2 aliphatic rings. The van der Waals surface area contributed by atoms with Gasteiger partial charge in [-0.3, -0.25) is 4.79 Å². The number of hydrogen-bond acceptors (Lipinski definition) is 8. The monoisotopic (exact) mass is 474 g/mol. The molecule has 0 saturated carbocycles. The van der Waals surface area contributed by atoms with E-state index in [0.29, 0.717) is 6.61 Å². The Labute approximate surface area is 184 Å². The zero-order chi connectivity index (χ0) is 22.9. The van der Waals surface area contributed by atoms with E-state index in [4.69, 9.17) is 35.9 Å². The summed E-state index contributed by atoms with van der Waals surface area (Å²) >= 11 is 6.34. The second-order valence-electron chi connectivity index (χ2n) is 8.98. The largest absolute Gasteiger partial charge is 0.478 e. The number of carbonyl (C=O) groups excluding carboxylic acids is 1. The van der Waals surface area contributed by atoms with Crippen molar-refractivity contribution in [2.75, 3.05) is 13.7 Å². The highest BCUT2D eigenvalue weighted by Crippen LogP contribution is 2.42. The first-order valence-corrected chi connectivity index (χ1v) is 10.9. The van der Waals surface area contributed by atoms with Gasteiger partial charge in [-0.1, -0.05) is 32.5 Å². The van der Waals surface area contributed by atoms with E-state index < -0.39 is 54.0 Å². The van der Waals surface area contributed by atoms with E-state index in [1.54, 1.807) is 13.8 Å². The third kappa shape index (κ3) is 7.03. The third-order valence-corrected chi connectivity index (χ3v) is 6.03. The fraction of sp³-hybridized carbons (Fsp3) is 0.895. The zero-order valence-corrected chi connectivity index (χ0v) is 19.5. The summed E-state index contributed by atoms with van der Waals surface area (Å²) in [7, 11) is 1.47. The molecule has 0 aromatic carbocycles. The van der Waals surface area contributed by atoms with Crippen molar-refractivity contribution < 1.29 is 41.7 Å². The van der Waals surface area contributed by atoms with E-state index in [0.717, 1.165) is 11.8 Å². The summed E-state index contributed by atoms with van der Waals surface area (Å²) in [6.07, 6.45) is -8.25. The molecule has 174 valence electrons. The summed E-state index contributed by atoms with van der Waals surface area (Å²) in [5.41, 5.74) is -0.143. The third-order valence-electron chi connectivity index (χ3n) is 4.51. The van der Waals surface area contributed by atoms with Gasteiger partial charge >= 0.3 is 6.18 Å². The number of carbonyl (C=O) groups is 1. The molecule has 0 amide bonds. The average Bonchev–Trinajstić information content (AvgIpc) is 3.06. The van der Waals surface area contributed by atoms with E-state index in [9.17, 15) is 18.0 Å². The minimum Gasteiger partial charge on any atom is -0.478 e. The quantitative estimate of drug-likeness (QED) is 0.508. The highest BCUT2D eigenvalue weighted by atomic mass is 32.2. The molecule has 2 aliphatic heterocycles. The molecule has 11 heteroatoms. The van der Waals surface area contributed by atoms with Crippen molar-refractivity contribution in [3.05, 3.63) is 0 Å². The molecule has 2 heterocycles. The molecule has 5 atom stereocenters. The van der Waals surface area contributed by atoms with Crippen LogP contribution in [0.3, 0.4) is 0 Å². The van der Waals surface area contributed by atoms with Crippen LogP contribution >= 0.6 is 24.0 Å². The van der Waals surface area contributed by atoms with Crippen LogP contribution in [0.4, 0.5) is 13.2 Å². The number of alkyl halides is 3. The van der Waals surface area contributed by atoms with Gasteiger partial charge in [0.15, 0.2) is 12.1 Å². The number of methoxy groups -OCH3 is 1. The number of Topliss-reactive ketones (excluding diaryl/α,β-unsaturated/α-hetero) is 1. The van der Waals surface area contributed by atoms with Crippen LogP contribution in [0.1, 0.15) is 47.5 Å². The van der Waals surface area contributed by atoms with Crippen LogP contribution in [0.2, 0.25) is 0 Å². The normalized spacial score (nSPS) is 29.5. The summed E-state index contributed by atoms with van der Waals surface area (Å²) in [6, 6.07) is 0. The summed E-state index contributed by atoms with van der Waals surface area (Å²) < 4.78 is 66.9. The molecular weight excluding hydrogens is 445 g/mol. The van der Waals surface area contributed by atoms with Crippen molar-refractivity contribution in [2.24, 2.45) is 5.41 Å². The number of fused-ring (bicyclic) bond motifs is 1. The minimum absolute atomic E-state index is 0.116. The van der Waals surface area contributed by atoms with Crippen LogP contribution in [0.5, 0.6) is 0 Å². The summed E-state index contributed by atoms with van der Waals surface area (Å²) in [6.45, 7) is 9.73. The fourth-order valence-corrected chi connectivity index (χ4v) is 4.60. The maximum absolute atomic E-state index is 12.7. The minimum atomic E-state index is -4.89. The van der Waals surface area contributed by atoms with Crippen LogP contribution in [0, 0.1) is 5.41 Å². The number of ether oxygens (including phenoxy) is 5. The summed E-state index contributed by atoms with van der Waals surface area (Å²) in [5.74, 6) is -2.66. The molecule has 0 aliphatic carbocycles. The highest BCUT2D eigenvalue weighted by molar-refractivity contribution is 8.23. The predicted molar refractivity (Wildman–Crippen MR) is 109 cm³/mol. The Kier molecular flexibility index (Phi) is 8.24. The molecule has 2 rings (SSSR count). The molecule has 0 aromatic heterocycles. The Morgan fingerprint density at radius 1 is 1.23 bits per heavy atom. The molecule has 6 nitrogen and oxygen atoms in total. The van der Waals surface area contributed by atoms with E-state index in [-0.39, 0.29) is 16.2 Å². The number of ketones is 1. The van der Waals surface area contributed by atoms with Crippen molar-refractivity contribution >= 4 is 34.1 Å². The molecule has 2 saturated heterocycles. The first kappa shape index (κ1) is 25.8. The number of halogens is 3. The van der Waals surface area contributed by atoms with Gasteiger partial charge in [0.05, 0.1) is 6.61 Å². The van der Waals surface area contributed by atoms with Crippen LogP contribution in [0.15, 0.2) is 0 Å². The molecule has 0 N–H and O–H groups in total. The summed E-state index contributed by atoms with van der Waals surface area (Å²) in [4.78, 5) is 11.4. The Bertz CT molecular complexity index is 635. The van der Waals surface area contributed by atoms with Gasteiger partial charge in [-0.25, -0.2) is 0 Å². The first-order valence-electron chi connectivity index (χ1n) is 9.60. The van der Waals surface area contributed by atoms with Crippen molar-refractivity contribution in [1.29, 1.82) is 0 Å². The Balaban J connectivity index is 2.12. The number of thioether (sulfide) groups is 1. The maximum Gasteiger partial charge on any atom is 0.449 e. The van der Waals surface area contributed by atoms with Crippen molar-refractivity contribution in [3.63, 3.8) is 0 Å². The van der Waals surface area contributed by atoms with Crippen LogP contribution < -0.4 is 0 Å². The average molecular weight is 475 g/mol. The lowest BCUT2D eigenvalue weighted by Gasteiger charge is -2.30. The Morgan fingerprint density at radius 3 is 2.40 bits per heavy atom. The first-order chi connectivity index (χ1) is 13.6. The molecule has 2 fully saturated rings.